The van der Waals surface area contributed by atoms with Gasteiger partial charge in [-0.1, -0.05) is 27.2 Å². The van der Waals surface area contributed by atoms with Gasteiger partial charge in [-0.15, -0.1) is 0 Å². The lowest BCUT2D eigenvalue weighted by molar-refractivity contribution is -0.126. The van der Waals surface area contributed by atoms with Gasteiger partial charge in [-0.25, -0.2) is 0 Å². The number of rotatable bonds is 2. The van der Waals surface area contributed by atoms with Gasteiger partial charge in [0.05, 0.1) is 0 Å². The zero-order valence-electron chi connectivity index (χ0n) is 10.3. The highest BCUT2D eigenvalue weighted by atomic mass is 16.1. The van der Waals surface area contributed by atoms with Crippen molar-refractivity contribution in [3.63, 3.8) is 0 Å². The van der Waals surface area contributed by atoms with Crippen LogP contribution in [0.3, 0.4) is 0 Å². The predicted octanol–water partition coefficient (Wildman–Crippen LogP) is 2.48. The Balaban J connectivity index is 1.96. The van der Waals surface area contributed by atoms with E-state index in [1.165, 1.54) is 19.5 Å². The van der Waals surface area contributed by atoms with Crippen LogP contribution in [0.4, 0.5) is 0 Å². The molecular formula is C13H23NO. The van der Waals surface area contributed by atoms with E-state index in [0.29, 0.717) is 17.2 Å². The van der Waals surface area contributed by atoms with Gasteiger partial charge in [-0.2, -0.15) is 0 Å². The molecule has 1 heterocycles. The van der Waals surface area contributed by atoms with Crippen molar-refractivity contribution in [3.05, 3.63) is 0 Å². The first-order chi connectivity index (χ1) is 7.02. The van der Waals surface area contributed by atoms with Gasteiger partial charge in [0.1, 0.15) is 5.78 Å². The summed E-state index contributed by atoms with van der Waals surface area (Å²) in [5, 5.41) is 0. The zero-order valence-corrected chi connectivity index (χ0v) is 10.3. The first-order valence-corrected chi connectivity index (χ1v) is 6.27. The SMILES string of the molecule is CCC1CCC(=O)CC1N1CC(C)(C)C1. The Morgan fingerprint density at radius 1 is 1.40 bits per heavy atom. The molecule has 0 aromatic rings. The second-order valence-corrected chi connectivity index (χ2v) is 6.09. The van der Waals surface area contributed by atoms with Crippen molar-refractivity contribution < 1.29 is 4.79 Å². The third kappa shape index (κ3) is 2.25. The summed E-state index contributed by atoms with van der Waals surface area (Å²) in [5.41, 5.74) is 0.485. The Morgan fingerprint density at radius 3 is 2.60 bits per heavy atom. The van der Waals surface area contributed by atoms with Crippen LogP contribution in [0, 0.1) is 11.3 Å². The summed E-state index contributed by atoms with van der Waals surface area (Å²) in [6.07, 6.45) is 3.99. The Labute approximate surface area is 93.0 Å². The van der Waals surface area contributed by atoms with Crippen LogP contribution in [-0.4, -0.2) is 29.8 Å². The molecule has 2 heteroatoms. The van der Waals surface area contributed by atoms with Crippen molar-refractivity contribution in [2.75, 3.05) is 13.1 Å². The molecule has 2 unspecified atom stereocenters. The van der Waals surface area contributed by atoms with Gasteiger partial charge in [-0.05, 0) is 17.8 Å². The highest BCUT2D eigenvalue weighted by molar-refractivity contribution is 5.79. The Morgan fingerprint density at radius 2 is 2.07 bits per heavy atom. The number of ketones is 1. The fourth-order valence-corrected chi connectivity index (χ4v) is 3.23. The maximum Gasteiger partial charge on any atom is 0.134 e. The number of Topliss-reactive ketones (excluding diaryl/α,β-unsaturated/α-hetero) is 1. The Hall–Kier alpha value is -0.370. The van der Waals surface area contributed by atoms with Crippen molar-refractivity contribution in [2.45, 2.75) is 52.5 Å². The molecular weight excluding hydrogens is 186 g/mol. The van der Waals surface area contributed by atoms with Gasteiger partial charge < -0.3 is 0 Å². The van der Waals surface area contributed by atoms with Crippen molar-refractivity contribution in [3.8, 4) is 0 Å². The minimum atomic E-state index is 0.481. The van der Waals surface area contributed by atoms with Crippen molar-refractivity contribution >= 4 is 5.78 Å². The maximum atomic E-state index is 11.5. The number of hydrogen-bond donors (Lipinski definition) is 0. The molecule has 1 saturated carbocycles. The quantitative estimate of drug-likeness (QED) is 0.696. The Bertz CT molecular complexity index is 251. The van der Waals surface area contributed by atoms with E-state index >= 15 is 0 Å². The third-order valence-electron chi connectivity index (χ3n) is 4.03. The molecule has 2 fully saturated rings. The topological polar surface area (TPSA) is 20.3 Å². The van der Waals surface area contributed by atoms with E-state index in [2.05, 4.69) is 25.7 Å². The van der Waals surface area contributed by atoms with Crippen LogP contribution in [0.1, 0.15) is 46.5 Å². The Kier molecular flexibility index (Phi) is 2.89. The molecule has 86 valence electrons. The summed E-state index contributed by atoms with van der Waals surface area (Å²) < 4.78 is 0. The van der Waals surface area contributed by atoms with Gasteiger partial charge in [-0.3, -0.25) is 9.69 Å². The summed E-state index contributed by atoms with van der Waals surface area (Å²) in [4.78, 5) is 14.0. The molecule has 0 N–H and O–H groups in total. The molecule has 0 aromatic heterocycles. The molecule has 0 spiro atoms. The van der Waals surface area contributed by atoms with Crippen molar-refractivity contribution in [1.82, 2.24) is 4.90 Å². The van der Waals surface area contributed by atoms with Gasteiger partial charge in [0, 0.05) is 32.0 Å². The number of hydrogen-bond acceptors (Lipinski definition) is 2. The molecule has 2 rings (SSSR count). The molecule has 0 aromatic carbocycles. The molecule has 2 aliphatic rings. The van der Waals surface area contributed by atoms with E-state index in [1.807, 2.05) is 0 Å². The normalized spacial score (nSPS) is 36.3. The minimum absolute atomic E-state index is 0.481. The van der Waals surface area contributed by atoms with Crippen molar-refractivity contribution in [1.29, 1.82) is 0 Å². The molecule has 15 heavy (non-hydrogen) atoms. The predicted molar refractivity (Wildman–Crippen MR) is 61.8 cm³/mol. The van der Waals surface area contributed by atoms with Gasteiger partial charge in [0.25, 0.3) is 0 Å². The van der Waals surface area contributed by atoms with Crippen LogP contribution in [0.15, 0.2) is 0 Å². The minimum Gasteiger partial charge on any atom is -0.300 e. The van der Waals surface area contributed by atoms with E-state index in [-0.39, 0.29) is 0 Å². The van der Waals surface area contributed by atoms with E-state index in [0.717, 1.165) is 25.2 Å². The lowest BCUT2D eigenvalue weighted by Crippen LogP contribution is -2.60. The van der Waals surface area contributed by atoms with E-state index in [4.69, 9.17) is 0 Å². The second-order valence-electron chi connectivity index (χ2n) is 6.09. The van der Waals surface area contributed by atoms with E-state index in [9.17, 15) is 4.79 Å². The molecule has 2 atom stereocenters. The van der Waals surface area contributed by atoms with Gasteiger partial charge >= 0.3 is 0 Å². The van der Waals surface area contributed by atoms with Crippen LogP contribution in [0.5, 0.6) is 0 Å². The highest BCUT2D eigenvalue weighted by Gasteiger charge is 2.42. The highest BCUT2D eigenvalue weighted by Crippen LogP contribution is 2.37. The number of carbonyl (C=O) groups is 1. The summed E-state index contributed by atoms with van der Waals surface area (Å²) in [6.45, 7) is 9.26. The van der Waals surface area contributed by atoms with E-state index in [1.54, 1.807) is 0 Å². The summed E-state index contributed by atoms with van der Waals surface area (Å²) in [6, 6.07) is 0.560. The molecule has 0 radical (unpaired) electrons. The van der Waals surface area contributed by atoms with Crippen LogP contribution < -0.4 is 0 Å². The fourth-order valence-electron chi connectivity index (χ4n) is 3.23. The zero-order chi connectivity index (χ0) is 11.1. The smallest absolute Gasteiger partial charge is 0.134 e. The number of likely N-dealkylation sites (tertiary alicyclic amines) is 1. The molecule has 1 aliphatic heterocycles. The molecule has 1 saturated heterocycles. The summed E-state index contributed by atoms with van der Waals surface area (Å²) >= 11 is 0. The molecule has 0 bridgehead atoms. The molecule has 1 aliphatic carbocycles. The third-order valence-corrected chi connectivity index (χ3v) is 4.03. The summed E-state index contributed by atoms with van der Waals surface area (Å²) in [7, 11) is 0. The van der Waals surface area contributed by atoms with Crippen molar-refractivity contribution in [2.24, 2.45) is 11.3 Å². The monoisotopic (exact) mass is 209 g/mol. The number of carbonyl (C=O) groups excluding carboxylic acids is 1. The van der Waals surface area contributed by atoms with Gasteiger partial charge in [0.2, 0.25) is 0 Å². The second kappa shape index (κ2) is 3.89. The first kappa shape index (κ1) is 11.1. The average Bonchev–Trinajstić information content (AvgIpc) is 2.14. The average molecular weight is 209 g/mol. The molecule has 0 amide bonds. The largest absolute Gasteiger partial charge is 0.300 e. The van der Waals surface area contributed by atoms with Crippen LogP contribution >= 0.6 is 0 Å². The first-order valence-electron chi connectivity index (χ1n) is 6.27. The molecule has 2 nitrogen and oxygen atoms in total. The standard InChI is InChI=1S/C13H23NO/c1-4-10-5-6-11(15)7-12(10)14-8-13(2,3)9-14/h10,12H,4-9H2,1-3H3. The number of nitrogens with zero attached hydrogens (tertiary/aromatic N) is 1. The van der Waals surface area contributed by atoms with Crippen LogP contribution in [-0.2, 0) is 4.79 Å². The van der Waals surface area contributed by atoms with E-state index < -0.39 is 0 Å². The lowest BCUT2D eigenvalue weighted by atomic mass is 9.75. The van der Waals surface area contributed by atoms with Crippen LogP contribution in [0.25, 0.3) is 0 Å². The lowest BCUT2D eigenvalue weighted by Gasteiger charge is -2.52. The van der Waals surface area contributed by atoms with Crippen LogP contribution in [0.2, 0.25) is 0 Å². The van der Waals surface area contributed by atoms with Gasteiger partial charge in [0.15, 0.2) is 0 Å². The maximum absolute atomic E-state index is 11.5. The fraction of sp³-hybridized carbons (Fsp3) is 0.923. The summed E-state index contributed by atoms with van der Waals surface area (Å²) in [5.74, 6) is 1.24.